The SMILES string of the molecule is CC.NCCc1ccc(O)cc1.OCC(O)COC1O[C@H]1O. The Balaban J connectivity index is 0.000000360. The van der Waals surface area contributed by atoms with E-state index in [0.717, 1.165) is 6.42 Å². The van der Waals surface area contributed by atoms with Gasteiger partial charge in [0.15, 0.2) is 0 Å². The first-order chi connectivity index (χ1) is 10.6. The van der Waals surface area contributed by atoms with E-state index in [-0.39, 0.29) is 13.2 Å². The van der Waals surface area contributed by atoms with Crippen molar-refractivity contribution in [3.63, 3.8) is 0 Å². The molecule has 1 aliphatic heterocycles. The molecule has 0 aromatic heterocycles. The summed E-state index contributed by atoms with van der Waals surface area (Å²) in [5.74, 6) is 0.306. The zero-order valence-electron chi connectivity index (χ0n) is 13.1. The van der Waals surface area contributed by atoms with Crippen LogP contribution in [0.2, 0.25) is 0 Å². The summed E-state index contributed by atoms with van der Waals surface area (Å²) < 4.78 is 9.19. The van der Waals surface area contributed by atoms with E-state index in [1.54, 1.807) is 12.1 Å². The van der Waals surface area contributed by atoms with Gasteiger partial charge in [-0.05, 0) is 30.7 Å². The van der Waals surface area contributed by atoms with E-state index in [0.29, 0.717) is 12.3 Å². The van der Waals surface area contributed by atoms with E-state index < -0.39 is 18.7 Å². The van der Waals surface area contributed by atoms with E-state index in [1.807, 2.05) is 26.0 Å². The van der Waals surface area contributed by atoms with Crippen molar-refractivity contribution in [2.24, 2.45) is 5.73 Å². The van der Waals surface area contributed by atoms with Gasteiger partial charge in [0, 0.05) is 0 Å². The van der Waals surface area contributed by atoms with Gasteiger partial charge >= 0.3 is 0 Å². The zero-order chi connectivity index (χ0) is 17.0. The van der Waals surface area contributed by atoms with Crippen LogP contribution in [0.3, 0.4) is 0 Å². The summed E-state index contributed by atoms with van der Waals surface area (Å²) in [6.45, 7) is 4.30. The number of rotatable bonds is 6. The summed E-state index contributed by atoms with van der Waals surface area (Å²) in [7, 11) is 0. The van der Waals surface area contributed by atoms with E-state index in [4.69, 9.17) is 30.9 Å². The summed E-state index contributed by atoms with van der Waals surface area (Å²) in [5, 5.41) is 34.4. The fraction of sp³-hybridized carbons (Fsp3) is 0.600. The topological polar surface area (TPSA) is 129 Å². The highest BCUT2D eigenvalue weighted by molar-refractivity contribution is 5.25. The quantitative estimate of drug-likeness (QED) is 0.465. The van der Waals surface area contributed by atoms with Gasteiger partial charge in [-0.25, -0.2) is 0 Å². The Kier molecular flexibility index (Phi) is 11.7. The lowest BCUT2D eigenvalue weighted by Crippen LogP contribution is -2.20. The van der Waals surface area contributed by atoms with Crippen molar-refractivity contribution in [2.75, 3.05) is 19.8 Å². The standard InChI is InChI=1S/C8H11NO.C5H10O5.C2H6/c9-6-5-7-1-3-8(10)4-2-7;6-1-3(7)2-9-5-4(8)10-5;1-2/h1-4,10H,5-6,9H2;3-8H,1-2H2;1-2H3/t;3?,4-,5?;/m.1./s1. The molecule has 0 aliphatic carbocycles. The van der Waals surface area contributed by atoms with Crippen LogP contribution in [0.25, 0.3) is 0 Å². The van der Waals surface area contributed by atoms with Gasteiger partial charge in [0.05, 0.1) is 13.2 Å². The Hall–Kier alpha value is -1.22. The Morgan fingerprint density at radius 2 is 1.82 bits per heavy atom. The van der Waals surface area contributed by atoms with Crippen LogP contribution in [-0.2, 0) is 15.9 Å². The van der Waals surface area contributed by atoms with Gasteiger partial charge in [0.2, 0.25) is 12.6 Å². The molecule has 3 atom stereocenters. The number of benzene rings is 1. The normalized spacial score (nSPS) is 20.1. The van der Waals surface area contributed by atoms with Gasteiger partial charge in [-0.1, -0.05) is 26.0 Å². The van der Waals surface area contributed by atoms with Gasteiger partial charge < -0.3 is 35.6 Å². The number of hydrogen-bond donors (Lipinski definition) is 5. The maximum Gasteiger partial charge on any atom is 0.212 e. The maximum absolute atomic E-state index is 8.89. The second kappa shape index (κ2) is 12.3. The van der Waals surface area contributed by atoms with Crippen molar-refractivity contribution >= 4 is 0 Å². The van der Waals surface area contributed by atoms with Crippen molar-refractivity contribution in [1.29, 1.82) is 0 Å². The fourth-order valence-electron chi connectivity index (χ4n) is 1.30. The lowest BCUT2D eigenvalue weighted by molar-refractivity contribution is -0.0282. The molecule has 0 amide bonds. The van der Waals surface area contributed by atoms with Crippen molar-refractivity contribution < 1.29 is 29.9 Å². The molecule has 22 heavy (non-hydrogen) atoms. The van der Waals surface area contributed by atoms with Gasteiger partial charge in [0.25, 0.3) is 0 Å². The summed E-state index contributed by atoms with van der Waals surface area (Å²) in [5.41, 5.74) is 6.50. The lowest BCUT2D eigenvalue weighted by atomic mass is 10.1. The molecular formula is C15H27NO6. The van der Waals surface area contributed by atoms with Crippen LogP contribution in [0, 0.1) is 0 Å². The zero-order valence-corrected chi connectivity index (χ0v) is 13.1. The molecule has 7 nitrogen and oxygen atoms in total. The number of phenols is 1. The number of aliphatic hydroxyl groups is 3. The average molecular weight is 317 g/mol. The van der Waals surface area contributed by atoms with E-state index in [9.17, 15) is 0 Å². The second-order valence-corrected chi connectivity index (χ2v) is 4.27. The number of nitrogens with two attached hydrogens (primary N) is 1. The minimum absolute atomic E-state index is 0.0156. The summed E-state index contributed by atoms with van der Waals surface area (Å²) in [4.78, 5) is 0. The molecule has 0 bridgehead atoms. The van der Waals surface area contributed by atoms with Gasteiger partial charge in [0.1, 0.15) is 11.9 Å². The molecule has 0 radical (unpaired) electrons. The monoisotopic (exact) mass is 317 g/mol. The molecule has 0 saturated carbocycles. The number of aromatic hydroxyl groups is 1. The third-order valence-corrected chi connectivity index (χ3v) is 2.46. The number of aliphatic hydroxyl groups excluding tert-OH is 3. The van der Waals surface area contributed by atoms with Crippen LogP contribution < -0.4 is 5.73 Å². The molecule has 1 aromatic carbocycles. The second-order valence-electron chi connectivity index (χ2n) is 4.27. The Morgan fingerprint density at radius 1 is 1.27 bits per heavy atom. The van der Waals surface area contributed by atoms with Crippen LogP contribution in [0.15, 0.2) is 24.3 Å². The molecule has 2 unspecified atom stereocenters. The van der Waals surface area contributed by atoms with E-state index >= 15 is 0 Å². The highest BCUT2D eigenvalue weighted by Gasteiger charge is 2.38. The molecule has 1 fully saturated rings. The highest BCUT2D eigenvalue weighted by atomic mass is 16.8. The summed E-state index contributed by atoms with van der Waals surface area (Å²) in [6, 6.07) is 7.10. The minimum atomic E-state index is -0.892. The van der Waals surface area contributed by atoms with Crippen LogP contribution in [-0.4, -0.2) is 58.9 Å². The number of hydrogen-bond acceptors (Lipinski definition) is 7. The summed E-state index contributed by atoms with van der Waals surface area (Å²) in [6.07, 6.45) is -1.48. The molecule has 0 spiro atoms. The molecule has 6 N–H and O–H groups in total. The van der Waals surface area contributed by atoms with Gasteiger partial charge in [-0.3, -0.25) is 0 Å². The van der Waals surface area contributed by atoms with Crippen LogP contribution in [0.1, 0.15) is 19.4 Å². The molecule has 1 aliphatic rings. The maximum atomic E-state index is 8.89. The predicted molar refractivity (Wildman–Crippen MR) is 82.1 cm³/mol. The first-order valence-electron chi connectivity index (χ1n) is 7.29. The molecular weight excluding hydrogens is 290 g/mol. The Morgan fingerprint density at radius 3 is 2.23 bits per heavy atom. The largest absolute Gasteiger partial charge is 0.508 e. The lowest BCUT2D eigenvalue weighted by Gasteiger charge is -2.04. The number of phenolic OH excluding ortho intramolecular Hbond substituents is 1. The fourth-order valence-corrected chi connectivity index (χ4v) is 1.30. The molecule has 2 rings (SSSR count). The Labute approximate surface area is 130 Å². The van der Waals surface area contributed by atoms with Crippen LogP contribution in [0.4, 0.5) is 0 Å². The predicted octanol–water partition coefficient (Wildman–Crippen LogP) is -0.0495. The molecule has 1 heterocycles. The van der Waals surface area contributed by atoms with Gasteiger partial charge in [-0.15, -0.1) is 0 Å². The molecule has 1 aromatic rings. The van der Waals surface area contributed by atoms with E-state index in [1.165, 1.54) is 5.56 Å². The van der Waals surface area contributed by atoms with Crippen molar-refractivity contribution in [3.8, 4) is 5.75 Å². The summed E-state index contributed by atoms with van der Waals surface area (Å²) >= 11 is 0. The highest BCUT2D eigenvalue weighted by Crippen LogP contribution is 2.19. The molecule has 128 valence electrons. The van der Waals surface area contributed by atoms with Crippen LogP contribution in [0.5, 0.6) is 5.75 Å². The number of ether oxygens (including phenoxy) is 2. The van der Waals surface area contributed by atoms with Crippen molar-refractivity contribution in [3.05, 3.63) is 29.8 Å². The smallest absolute Gasteiger partial charge is 0.212 e. The van der Waals surface area contributed by atoms with Gasteiger partial charge in [-0.2, -0.15) is 0 Å². The number of epoxide rings is 1. The van der Waals surface area contributed by atoms with Crippen molar-refractivity contribution in [1.82, 2.24) is 0 Å². The minimum Gasteiger partial charge on any atom is -0.508 e. The molecule has 1 saturated heterocycles. The third kappa shape index (κ3) is 9.67. The first-order valence-corrected chi connectivity index (χ1v) is 7.29. The average Bonchev–Trinajstić information content (AvgIpc) is 3.26. The third-order valence-electron chi connectivity index (χ3n) is 2.46. The Bertz CT molecular complexity index is 369. The van der Waals surface area contributed by atoms with E-state index in [2.05, 4.69) is 4.74 Å². The first kappa shape index (κ1) is 20.8. The molecule has 7 heteroatoms. The van der Waals surface area contributed by atoms with Crippen LogP contribution >= 0.6 is 0 Å². The van der Waals surface area contributed by atoms with Crippen molar-refractivity contribution in [2.45, 2.75) is 39.0 Å².